The van der Waals surface area contributed by atoms with Gasteiger partial charge in [-0.1, -0.05) is 48.2 Å². The standard InChI is InChI=1S/C22H25N5OS2/c1-17(18-6-3-2-4-7-18)26-11-13-27(14-12-26)21(28)16-30-22-23-20(24-25-22)10-9-19-8-5-15-29-19/h2-10,15,17H,11-14,16H2,1H3,(H,23,24,25)/b10-9+. The molecule has 1 aliphatic rings. The molecule has 3 heterocycles. The molecule has 8 heteroatoms. The lowest BCUT2D eigenvalue weighted by Gasteiger charge is -2.38. The maximum absolute atomic E-state index is 12.6. The Labute approximate surface area is 185 Å². The molecule has 0 bridgehead atoms. The summed E-state index contributed by atoms with van der Waals surface area (Å²) in [6.45, 7) is 5.55. The Hall–Kier alpha value is -2.42. The summed E-state index contributed by atoms with van der Waals surface area (Å²) in [5.41, 5.74) is 1.32. The van der Waals surface area contributed by atoms with Gasteiger partial charge in [-0.25, -0.2) is 4.98 Å². The monoisotopic (exact) mass is 439 g/mol. The van der Waals surface area contributed by atoms with E-state index in [4.69, 9.17) is 0 Å². The Kier molecular flexibility index (Phi) is 6.99. The van der Waals surface area contributed by atoms with E-state index in [2.05, 4.69) is 51.3 Å². The number of carbonyl (C=O) groups is 1. The van der Waals surface area contributed by atoms with E-state index in [-0.39, 0.29) is 5.91 Å². The van der Waals surface area contributed by atoms with Crippen LogP contribution in [0.1, 0.15) is 29.2 Å². The van der Waals surface area contributed by atoms with Crippen molar-refractivity contribution in [2.24, 2.45) is 0 Å². The van der Waals surface area contributed by atoms with Gasteiger partial charge in [0.1, 0.15) is 5.82 Å². The van der Waals surface area contributed by atoms with E-state index in [1.807, 2.05) is 40.6 Å². The first kappa shape index (κ1) is 20.8. The van der Waals surface area contributed by atoms with Crippen LogP contribution in [0.5, 0.6) is 0 Å². The number of benzene rings is 1. The molecule has 1 unspecified atom stereocenters. The molecule has 1 fully saturated rings. The summed E-state index contributed by atoms with van der Waals surface area (Å²) in [6, 6.07) is 15.0. The smallest absolute Gasteiger partial charge is 0.233 e. The summed E-state index contributed by atoms with van der Waals surface area (Å²) in [4.78, 5) is 22.6. The predicted molar refractivity (Wildman–Crippen MR) is 123 cm³/mol. The fraction of sp³-hybridized carbons (Fsp3) is 0.318. The number of aromatic nitrogens is 3. The quantitative estimate of drug-likeness (QED) is 0.563. The van der Waals surface area contributed by atoms with Crippen LogP contribution in [-0.2, 0) is 4.79 Å². The van der Waals surface area contributed by atoms with Gasteiger partial charge in [-0.15, -0.1) is 16.4 Å². The van der Waals surface area contributed by atoms with Gasteiger partial charge in [0.2, 0.25) is 11.1 Å². The van der Waals surface area contributed by atoms with Crippen molar-refractivity contribution in [3.63, 3.8) is 0 Å². The predicted octanol–water partition coefficient (Wildman–Crippen LogP) is 4.03. The van der Waals surface area contributed by atoms with E-state index >= 15 is 0 Å². The van der Waals surface area contributed by atoms with Crippen molar-refractivity contribution >= 4 is 41.2 Å². The molecular weight excluding hydrogens is 414 g/mol. The topological polar surface area (TPSA) is 65.1 Å². The van der Waals surface area contributed by atoms with Gasteiger partial charge in [0, 0.05) is 37.1 Å². The second-order valence-electron chi connectivity index (χ2n) is 7.14. The number of thioether (sulfide) groups is 1. The fourth-order valence-electron chi connectivity index (χ4n) is 3.46. The van der Waals surface area contributed by atoms with E-state index in [0.717, 1.165) is 31.1 Å². The van der Waals surface area contributed by atoms with Crippen LogP contribution in [0.15, 0.2) is 53.0 Å². The minimum Gasteiger partial charge on any atom is -0.339 e. The molecule has 1 saturated heterocycles. The van der Waals surface area contributed by atoms with Crippen LogP contribution < -0.4 is 0 Å². The number of thiophene rings is 1. The van der Waals surface area contributed by atoms with Gasteiger partial charge in [0.05, 0.1) is 5.75 Å². The molecule has 0 radical (unpaired) electrons. The second kappa shape index (κ2) is 10.1. The highest BCUT2D eigenvalue weighted by molar-refractivity contribution is 7.99. The molecule has 0 spiro atoms. The van der Waals surface area contributed by atoms with Crippen LogP contribution in [0.2, 0.25) is 0 Å². The Morgan fingerprint density at radius 1 is 1.17 bits per heavy atom. The average molecular weight is 440 g/mol. The van der Waals surface area contributed by atoms with Gasteiger partial charge in [-0.3, -0.25) is 14.8 Å². The number of nitrogens with zero attached hydrogens (tertiary/aromatic N) is 4. The number of hydrogen-bond donors (Lipinski definition) is 1. The number of nitrogens with one attached hydrogen (secondary N) is 1. The van der Waals surface area contributed by atoms with Gasteiger partial charge in [-0.2, -0.15) is 0 Å². The molecule has 1 aromatic carbocycles. The molecule has 3 aromatic rings. The van der Waals surface area contributed by atoms with Crippen molar-refractivity contribution in [1.29, 1.82) is 0 Å². The number of rotatable bonds is 7. The lowest BCUT2D eigenvalue weighted by Crippen LogP contribution is -2.49. The number of carbonyl (C=O) groups excluding carboxylic acids is 1. The molecule has 156 valence electrons. The number of hydrogen-bond acceptors (Lipinski definition) is 6. The van der Waals surface area contributed by atoms with Crippen LogP contribution in [0, 0.1) is 0 Å². The third-order valence-corrected chi connectivity index (χ3v) is 6.92. The maximum atomic E-state index is 12.6. The molecule has 4 rings (SSSR count). The van der Waals surface area contributed by atoms with Crippen LogP contribution in [0.25, 0.3) is 12.2 Å². The van der Waals surface area contributed by atoms with Crippen LogP contribution in [0.4, 0.5) is 0 Å². The van der Waals surface area contributed by atoms with Crippen LogP contribution >= 0.6 is 23.1 Å². The lowest BCUT2D eigenvalue weighted by atomic mass is 10.1. The summed E-state index contributed by atoms with van der Waals surface area (Å²) < 4.78 is 0. The third kappa shape index (κ3) is 5.38. The van der Waals surface area contributed by atoms with Crippen molar-refractivity contribution in [3.8, 4) is 0 Å². The first-order valence-electron chi connectivity index (χ1n) is 10.0. The van der Waals surface area contributed by atoms with Crippen molar-refractivity contribution in [3.05, 3.63) is 64.1 Å². The SMILES string of the molecule is CC(c1ccccc1)N1CCN(C(=O)CSc2n[nH]c(/C=C/c3cccs3)n2)CC1. The molecule has 1 N–H and O–H groups in total. The molecule has 1 aliphatic heterocycles. The molecular formula is C22H25N5OS2. The van der Waals surface area contributed by atoms with Gasteiger partial charge in [0.25, 0.3) is 0 Å². The van der Waals surface area contributed by atoms with Crippen molar-refractivity contribution < 1.29 is 4.79 Å². The summed E-state index contributed by atoms with van der Waals surface area (Å²) in [7, 11) is 0. The Balaban J connectivity index is 1.23. The number of piperazine rings is 1. The first-order valence-corrected chi connectivity index (χ1v) is 11.9. The average Bonchev–Trinajstić information content (AvgIpc) is 3.48. The molecule has 1 atom stereocenters. The highest BCUT2D eigenvalue weighted by atomic mass is 32.2. The molecule has 2 aromatic heterocycles. The van der Waals surface area contributed by atoms with Crippen LogP contribution in [-0.4, -0.2) is 62.8 Å². The van der Waals surface area contributed by atoms with Crippen molar-refractivity contribution in [2.75, 3.05) is 31.9 Å². The molecule has 0 aliphatic carbocycles. The Morgan fingerprint density at radius 2 is 1.97 bits per heavy atom. The molecule has 0 saturated carbocycles. The minimum absolute atomic E-state index is 0.146. The largest absolute Gasteiger partial charge is 0.339 e. The Morgan fingerprint density at radius 3 is 2.70 bits per heavy atom. The van der Waals surface area contributed by atoms with Gasteiger partial charge in [-0.05, 0) is 36.1 Å². The highest BCUT2D eigenvalue weighted by Crippen LogP contribution is 2.22. The summed E-state index contributed by atoms with van der Waals surface area (Å²) in [6.07, 6.45) is 3.90. The molecule has 1 amide bonds. The summed E-state index contributed by atoms with van der Waals surface area (Å²) >= 11 is 3.05. The van der Waals surface area contributed by atoms with E-state index in [0.29, 0.717) is 22.8 Å². The molecule has 6 nitrogen and oxygen atoms in total. The van der Waals surface area contributed by atoms with Crippen molar-refractivity contribution in [1.82, 2.24) is 25.0 Å². The molecule has 30 heavy (non-hydrogen) atoms. The lowest BCUT2D eigenvalue weighted by molar-refractivity contribution is -0.130. The van der Waals surface area contributed by atoms with E-state index < -0.39 is 0 Å². The third-order valence-electron chi connectivity index (χ3n) is 5.25. The van der Waals surface area contributed by atoms with Crippen LogP contribution in [0.3, 0.4) is 0 Å². The van der Waals surface area contributed by atoms with E-state index in [1.54, 1.807) is 11.3 Å². The van der Waals surface area contributed by atoms with E-state index in [9.17, 15) is 4.79 Å². The number of aromatic amines is 1. The maximum Gasteiger partial charge on any atom is 0.233 e. The fourth-order valence-corrected chi connectivity index (χ4v) is 4.79. The van der Waals surface area contributed by atoms with E-state index in [1.165, 1.54) is 17.3 Å². The normalized spacial score (nSPS) is 16.2. The highest BCUT2D eigenvalue weighted by Gasteiger charge is 2.24. The second-order valence-corrected chi connectivity index (χ2v) is 9.07. The zero-order chi connectivity index (χ0) is 20.8. The zero-order valence-corrected chi connectivity index (χ0v) is 18.5. The Bertz CT molecular complexity index is 963. The van der Waals surface area contributed by atoms with Crippen molar-refractivity contribution in [2.45, 2.75) is 18.1 Å². The van der Waals surface area contributed by atoms with Gasteiger partial charge < -0.3 is 4.90 Å². The first-order chi connectivity index (χ1) is 14.7. The number of amides is 1. The van der Waals surface area contributed by atoms with Gasteiger partial charge in [0.15, 0.2) is 0 Å². The zero-order valence-electron chi connectivity index (χ0n) is 16.9. The number of H-pyrrole nitrogens is 1. The summed E-state index contributed by atoms with van der Waals surface area (Å²) in [5, 5.41) is 9.75. The van der Waals surface area contributed by atoms with Gasteiger partial charge >= 0.3 is 0 Å². The summed E-state index contributed by atoms with van der Waals surface area (Å²) in [5.74, 6) is 1.20. The minimum atomic E-state index is 0.146.